The van der Waals surface area contributed by atoms with Crippen LogP contribution in [0.1, 0.15) is 5.69 Å². The standard InChI is InChI=1S/C13H15FN4O2S/c14-9-1-3-11(4-2-9)21-6-5-18-8-10(16-17-18)7-12(15)13(19)20/h1-4,8,12H,5-7,15H2,(H,19,20). The summed E-state index contributed by atoms with van der Waals surface area (Å²) in [6.45, 7) is 0.622. The number of nitrogens with zero attached hydrogens (tertiary/aromatic N) is 3. The lowest BCUT2D eigenvalue weighted by Gasteiger charge is -2.02. The zero-order valence-corrected chi connectivity index (χ0v) is 12.0. The highest BCUT2D eigenvalue weighted by molar-refractivity contribution is 7.99. The Morgan fingerprint density at radius 3 is 2.81 bits per heavy atom. The zero-order chi connectivity index (χ0) is 15.2. The molecule has 21 heavy (non-hydrogen) atoms. The second kappa shape index (κ2) is 7.19. The van der Waals surface area contributed by atoms with Gasteiger partial charge in [0.15, 0.2) is 0 Å². The number of hydrogen-bond acceptors (Lipinski definition) is 5. The molecule has 1 aromatic heterocycles. The Labute approximate surface area is 125 Å². The van der Waals surface area contributed by atoms with Crippen LogP contribution in [0.5, 0.6) is 0 Å². The molecule has 0 fully saturated rings. The Kier molecular flexibility index (Phi) is 5.29. The van der Waals surface area contributed by atoms with E-state index in [2.05, 4.69) is 10.3 Å². The van der Waals surface area contributed by atoms with Gasteiger partial charge in [0.2, 0.25) is 0 Å². The number of rotatable bonds is 7. The summed E-state index contributed by atoms with van der Waals surface area (Å²) in [4.78, 5) is 11.6. The molecule has 0 aliphatic rings. The molecular weight excluding hydrogens is 295 g/mol. The van der Waals surface area contributed by atoms with Gasteiger partial charge in [0.1, 0.15) is 11.9 Å². The highest BCUT2D eigenvalue weighted by atomic mass is 32.2. The van der Waals surface area contributed by atoms with E-state index in [9.17, 15) is 9.18 Å². The van der Waals surface area contributed by atoms with Crippen molar-refractivity contribution in [2.24, 2.45) is 5.73 Å². The van der Waals surface area contributed by atoms with Crippen molar-refractivity contribution in [1.82, 2.24) is 15.0 Å². The second-order valence-corrected chi connectivity index (χ2v) is 5.59. The molecule has 1 atom stereocenters. The molecule has 0 spiro atoms. The van der Waals surface area contributed by atoms with E-state index >= 15 is 0 Å². The number of carboxylic acid groups (broad SMARTS) is 1. The summed E-state index contributed by atoms with van der Waals surface area (Å²) >= 11 is 1.58. The second-order valence-electron chi connectivity index (χ2n) is 4.42. The van der Waals surface area contributed by atoms with Crippen molar-refractivity contribution in [1.29, 1.82) is 0 Å². The lowest BCUT2D eigenvalue weighted by molar-refractivity contribution is -0.138. The highest BCUT2D eigenvalue weighted by Crippen LogP contribution is 2.18. The summed E-state index contributed by atoms with van der Waals surface area (Å²) in [6.07, 6.45) is 1.84. The first-order valence-corrected chi connectivity index (χ1v) is 7.29. The maximum absolute atomic E-state index is 12.8. The fourth-order valence-corrected chi connectivity index (χ4v) is 2.48. The Morgan fingerprint density at radius 2 is 2.14 bits per heavy atom. The molecule has 1 heterocycles. The summed E-state index contributed by atoms with van der Waals surface area (Å²) in [7, 11) is 0. The van der Waals surface area contributed by atoms with Crippen LogP contribution in [0.3, 0.4) is 0 Å². The topological polar surface area (TPSA) is 94.0 Å². The monoisotopic (exact) mass is 310 g/mol. The molecule has 0 aliphatic heterocycles. The van der Waals surface area contributed by atoms with E-state index in [-0.39, 0.29) is 12.2 Å². The van der Waals surface area contributed by atoms with Gasteiger partial charge in [-0.05, 0) is 24.3 Å². The van der Waals surface area contributed by atoms with Gasteiger partial charge < -0.3 is 10.8 Å². The van der Waals surface area contributed by atoms with Crippen LogP contribution in [-0.4, -0.2) is 37.9 Å². The third-order valence-electron chi connectivity index (χ3n) is 2.74. The minimum Gasteiger partial charge on any atom is -0.480 e. The molecule has 0 saturated heterocycles. The zero-order valence-electron chi connectivity index (χ0n) is 11.1. The van der Waals surface area contributed by atoms with Crippen LogP contribution in [0.2, 0.25) is 0 Å². The van der Waals surface area contributed by atoms with Crippen LogP contribution >= 0.6 is 11.8 Å². The molecule has 112 valence electrons. The fraction of sp³-hybridized carbons (Fsp3) is 0.308. The number of carboxylic acids is 1. The van der Waals surface area contributed by atoms with Gasteiger partial charge >= 0.3 is 5.97 Å². The minimum absolute atomic E-state index is 0.153. The van der Waals surface area contributed by atoms with Crippen LogP contribution in [0, 0.1) is 5.82 Å². The molecule has 6 nitrogen and oxygen atoms in total. The normalized spacial score (nSPS) is 12.3. The van der Waals surface area contributed by atoms with E-state index in [1.807, 2.05) is 0 Å². The first-order chi connectivity index (χ1) is 10.0. The van der Waals surface area contributed by atoms with Crippen LogP contribution in [0.15, 0.2) is 35.4 Å². The summed E-state index contributed by atoms with van der Waals surface area (Å²) in [6, 6.07) is 5.31. The molecule has 2 rings (SSSR count). The number of carbonyl (C=O) groups is 1. The van der Waals surface area contributed by atoms with E-state index in [1.165, 1.54) is 12.1 Å². The van der Waals surface area contributed by atoms with E-state index in [0.717, 1.165) is 10.6 Å². The number of benzene rings is 1. The van der Waals surface area contributed by atoms with Gasteiger partial charge in [-0.2, -0.15) is 0 Å². The maximum atomic E-state index is 12.8. The molecule has 0 bridgehead atoms. The summed E-state index contributed by atoms with van der Waals surface area (Å²) in [5, 5.41) is 16.5. The lowest BCUT2D eigenvalue weighted by Crippen LogP contribution is -2.32. The molecule has 0 saturated carbocycles. The van der Waals surface area contributed by atoms with Gasteiger partial charge in [-0.3, -0.25) is 9.48 Å². The number of hydrogen-bond donors (Lipinski definition) is 2. The van der Waals surface area contributed by atoms with Crippen molar-refractivity contribution in [2.75, 3.05) is 5.75 Å². The van der Waals surface area contributed by atoms with Crippen molar-refractivity contribution >= 4 is 17.7 Å². The van der Waals surface area contributed by atoms with Crippen LogP contribution < -0.4 is 5.73 Å². The first kappa shape index (κ1) is 15.5. The van der Waals surface area contributed by atoms with E-state index in [1.54, 1.807) is 34.8 Å². The number of aliphatic carboxylic acids is 1. The quantitative estimate of drug-likeness (QED) is 0.745. The molecule has 0 radical (unpaired) electrons. The van der Waals surface area contributed by atoms with Crippen molar-refractivity contribution in [3.8, 4) is 0 Å². The molecule has 1 aromatic carbocycles. The molecule has 0 aliphatic carbocycles. The number of aryl methyl sites for hydroxylation is 1. The van der Waals surface area contributed by atoms with Crippen LogP contribution in [0.4, 0.5) is 4.39 Å². The van der Waals surface area contributed by atoms with Crippen molar-refractivity contribution < 1.29 is 14.3 Å². The Morgan fingerprint density at radius 1 is 1.43 bits per heavy atom. The van der Waals surface area contributed by atoms with Gasteiger partial charge in [-0.15, -0.1) is 16.9 Å². The van der Waals surface area contributed by atoms with E-state index in [0.29, 0.717) is 12.2 Å². The van der Waals surface area contributed by atoms with E-state index < -0.39 is 12.0 Å². The molecular formula is C13H15FN4O2S. The van der Waals surface area contributed by atoms with E-state index in [4.69, 9.17) is 10.8 Å². The average molecular weight is 310 g/mol. The minimum atomic E-state index is -1.06. The van der Waals surface area contributed by atoms with Gasteiger partial charge in [-0.25, -0.2) is 4.39 Å². The predicted molar refractivity (Wildman–Crippen MR) is 76.5 cm³/mol. The number of thioether (sulfide) groups is 1. The Bertz CT molecular complexity index is 602. The van der Waals surface area contributed by atoms with Crippen LogP contribution in [-0.2, 0) is 17.8 Å². The molecule has 1 unspecified atom stereocenters. The molecule has 3 N–H and O–H groups in total. The fourth-order valence-electron chi connectivity index (χ4n) is 1.64. The number of nitrogens with two attached hydrogens (primary N) is 1. The Hall–Kier alpha value is -1.93. The van der Waals surface area contributed by atoms with Gasteiger partial charge in [0, 0.05) is 23.3 Å². The van der Waals surface area contributed by atoms with Crippen molar-refractivity contribution in [3.63, 3.8) is 0 Å². The molecule has 2 aromatic rings. The molecule has 8 heteroatoms. The van der Waals surface area contributed by atoms with Gasteiger partial charge in [0.25, 0.3) is 0 Å². The maximum Gasteiger partial charge on any atom is 0.320 e. The number of aromatic nitrogens is 3. The lowest BCUT2D eigenvalue weighted by atomic mass is 10.2. The summed E-state index contributed by atoms with van der Waals surface area (Å²) < 4.78 is 14.4. The highest BCUT2D eigenvalue weighted by Gasteiger charge is 2.14. The smallest absolute Gasteiger partial charge is 0.320 e. The summed E-state index contributed by atoms with van der Waals surface area (Å²) in [5.41, 5.74) is 5.99. The van der Waals surface area contributed by atoms with Crippen molar-refractivity contribution in [2.45, 2.75) is 23.9 Å². The largest absolute Gasteiger partial charge is 0.480 e. The summed E-state index contributed by atoms with van der Waals surface area (Å²) in [5.74, 6) is -0.564. The third-order valence-corrected chi connectivity index (χ3v) is 3.73. The molecule has 0 amide bonds. The third kappa shape index (κ3) is 4.83. The predicted octanol–water partition coefficient (Wildman–Crippen LogP) is 1.16. The van der Waals surface area contributed by atoms with Crippen LogP contribution in [0.25, 0.3) is 0 Å². The Balaban J connectivity index is 1.80. The SMILES string of the molecule is NC(Cc1cn(CCSc2ccc(F)cc2)nn1)C(=O)O. The van der Waals surface area contributed by atoms with Gasteiger partial charge in [-0.1, -0.05) is 5.21 Å². The number of halogens is 1. The van der Waals surface area contributed by atoms with Gasteiger partial charge in [0.05, 0.1) is 12.2 Å². The average Bonchev–Trinajstić information content (AvgIpc) is 2.88. The van der Waals surface area contributed by atoms with Crippen molar-refractivity contribution in [3.05, 3.63) is 42.0 Å². The first-order valence-electron chi connectivity index (χ1n) is 6.30.